The number of hydrogen-bond acceptors (Lipinski definition) is 7. The fourth-order valence-corrected chi connectivity index (χ4v) is 3.89. The molecule has 1 aliphatic rings. The normalized spacial score (nSPS) is 17.7. The predicted octanol–water partition coefficient (Wildman–Crippen LogP) is 2.49. The van der Waals surface area contributed by atoms with Crippen molar-refractivity contribution in [3.8, 4) is 11.1 Å². The summed E-state index contributed by atoms with van der Waals surface area (Å²) in [5.41, 5.74) is 7.76. The average Bonchev–Trinajstić information content (AvgIpc) is 3.30. The van der Waals surface area contributed by atoms with Crippen molar-refractivity contribution in [2.24, 2.45) is 16.8 Å². The van der Waals surface area contributed by atoms with E-state index in [4.69, 9.17) is 17.4 Å². The highest BCUT2D eigenvalue weighted by molar-refractivity contribution is 6.03. The van der Waals surface area contributed by atoms with Gasteiger partial charge in [0.2, 0.25) is 0 Å². The van der Waals surface area contributed by atoms with Crippen LogP contribution in [0.15, 0.2) is 41.4 Å². The number of pyridine rings is 1. The summed E-state index contributed by atoms with van der Waals surface area (Å²) in [6, 6.07) is 0.734. The van der Waals surface area contributed by atoms with Crippen LogP contribution in [0.25, 0.3) is 11.1 Å². The SMILES string of the molecule is C/C(F)=C(/F)C(C)N(N)/C(=N\N)c1cc(-c2cnn(C3CCN(CCF)CC3)c2)cnc1N. The minimum absolute atomic E-state index is 0.0432. The first kappa shape index (κ1) is 24.5. The van der Waals surface area contributed by atoms with E-state index in [2.05, 4.69) is 20.1 Å². The van der Waals surface area contributed by atoms with Crippen LogP contribution in [0.4, 0.5) is 19.0 Å². The molecule has 0 aliphatic carbocycles. The molecule has 3 rings (SSSR count). The molecule has 0 saturated carbocycles. The third-order valence-electron chi connectivity index (χ3n) is 5.91. The van der Waals surface area contributed by atoms with Crippen LogP contribution in [-0.2, 0) is 0 Å². The van der Waals surface area contributed by atoms with E-state index in [1.54, 1.807) is 18.5 Å². The summed E-state index contributed by atoms with van der Waals surface area (Å²) >= 11 is 0. The molecule has 3 heterocycles. The highest BCUT2D eigenvalue weighted by Crippen LogP contribution is 2.27. The van der Waals surface area contributed by atoms with Crippen LogP contribution in [0.5, 0.6) is 0 Å². The third kappa shape index (κ3) is 5.45. The second kappa shape index (κ2) is 10.7. The number of allylic oxidation sites excluding steroid dienone is 1. The van der Waals surface area contributed by atoms with Gasteiger partial charge < -0.3 is 16.5 Å². The number of rotatable bonds is 7. The molecule has 1 aliphatic heterocycles. The van der Waals surface area contributed by atoms with Gasteiger partial charge in [-0.25, -0.2) is 24.0 Å². The molecular weight excluding hydrogens is 435 g/mol. The first-order chi connectivity index (χ1) is 15.8. The quantitative estimate of drug-likeness (QED) is 0.248. The number of likely N-dealkylation sites (tertiary alicyclic amines) is 1. The Morgan fingerprint density at radius 3 is 2.58 bits per heavy atom. The predicted molar refractivity (Wildman–Crippen MR) is 122 cm³/mol. The van der Waals surface area contributed by atoms with Crippen LogP contribution in [0, 0.1) is 0 Å². The highest BCUT2D eigenvalue weighted by Gasteiger charge is 2.25. The van der Waals surface area contributed by atoms with Gasteiger partial charge in [-0.1, -0.05) is 0 Å². The third-order valence-corrected chi connectivity index (χ3v) is 5.91. The topological polar surface area (TPSA) is 128 Å². The van der Waals surface area contributed by atoms with Crippen molar-refractivity contribution >= 4 is 11.7 Å². The molecule has 2 aromatic heterocycles. The second-order valence-electron chi connectivity index (χ2n) is 8.04. The van der Waals surface area contributed by atoms with Crippen molar-refractivity contribution in [2.75, 3.05) is 32.0 Å². The van der Waals surface area contributed by atoms with Crippen molar-refractivity contribution in [1.82, 2.24) is 24.7 Å². The molecule has 0 bridgehead atoms. The number of halogens is 3. The molecular formula is C21H30F3N9. The molecule has 6 N–H and O–H groups in total. The number of alkyl halides is 1. The maximum Gasteiger partial charge on any atom is 0.173 e. The Morgan fingerprint density at radius 2 is 1.97 bits per heavy atom. The van der Waals surface area contributed by atoms with Gasteiger partial charge >= 0.3 is 0 Å². The molecule has 9 nitrogen and oxygen atoms in total. The Morgan fingerprint density at radius 1 is 1.27 bits per heavy atom. The van der Waals surface area contributed by atoms with Crippen LogP contribution in [0.2, 0.25) is 0 Å². The lowest BCUT2D eigenvalue weighted by Crippen LogP contribution is -2.46. The molecule has 2 aromatic rings. The lowest BCUT2D eigenvalue weighted by Gasteiger charge is -2.31. The molecule has 1 saturated heterocycles. The Hall–Kier alpha value is -3.12. The molecule has 0 radical (unpaired) electrons. The van der Waals surface area contributed by atoms with Crippen LogP contribution in [0.1, 0.15) is 38.3 Å². The summed E-state index contributed by atoms with van der Waals surface area (Å²) in [5, 5.41) is 9.05. The number of nitrogen functional groups attached to an aromatic ring is 1. The Balaban J connectivity index is 1.83. The number of nitrogens with zero attached hydrogens (tertiary/aromatic N) is 6. The number of aromatic nitrogens is 3. The van der Waals surface area contributed by atoms with Gasteiger partial charge in [0.15, 0.2) is 11.7 Å². The Labute approximate surface area is 190 Å². The van der Waals surface area contributed by atoms with E-state index in [1.807, 2.05) is 10.9 Å². The van der Waals surface area contributed by atoms with Gasteiger partial charge in [-0.15, -0.1) is 0 Å². The fraction of sp³-hybridized carbons (Fsp3) is 0.476. The molecule has 0 spiro atoms. The van der Waals surface area contributed by atoms with Gasteiger partial charge in [0.25, 0.3) is 0 Å². The highest BCUT2D eigenvalue weighted by atomic mass is 19.2. The van der Waals surface area contributed by atoms with Crippen molar-refractivity contribution in [2.45, 2.75) is 38.8 Å². The number of anilines is 1. The maximum absolute atomic E-state index is 14.1. The first-order valence-electron chi connectivity index (χ1n) is 10.7. The lowest BCUT2D eigenvalue weighted by molar-refractivity contribution is 0.169. The van der Waals surface area contributed by atoms with Crippen LogP contribution < -0.4 is 17.4 Å². The zero-order chi connectivity index (χ0) is 24.1. The largest absolute Gasteiger partial charge is 0.383 e. The van der Waals surface area contributed by atoms with E-state index < -0.39 is 17.7 Å². The molecule has 0 amide bonds. The number of hydrazine groups is 1. The molecule has 1 fully saturated rings. The van der Waals surface area contributed by atoms with Crippen molar-refractivity contribution < 1.29 is 13.2 Å². The van der Waals surface area contributed by atoms with Crippen LogP contribution in [0.3, 0.4) is 0 Å². The Kier molecular flexibility index (Phi) is 7.92. The number of hydrazone groups is 1. The van der Waals surface area contributed by atoms with Gasteiger partial charge in [0.1, 0.15) is 18.3 Å². The van der Waals surface area contributed by atoms with E-state index in [9.17, 15) is 13.2 Å². The second-order valence-corrected chi connectivity index (χ2v) is 8.04. The molecule has 180 valence electrons. The zero-order valence-corrected chi connectivity index (χ0v) is 18.8. The van der Waals surface area contributed by atoms with Crippen LogP contribution in [-0.4, -0.2) is 62.9 Å². The standard InChI is InChI=1S/C21H30F3N9/c1-13(23)19(24)14(2)33(27)21(30-26)18-9-15(10-28-20(18)25)16-11-29-32(12-16)17-3-6-31(7-4-17)8-5-22/h9-12,14,17H,3-8,26-27H2,1-2H3,(H2,25,28)/b19-13-,30-21-. The van der Waals surface area contributed by atoms with Gasteiger partial charge in [0, 0.05) is 43.2 Å². The van der Waals surface area contributed by atoms with E-state index in [0.717, 1.165) is 43.4 Å². The number of piperidine rings is 1. The average molecular weight is 466 g/mol. The molecule has 0 aromatic carbocycles. The minimum atomic E-state index is -1.16. The van der Waals surface area contributed by atoms with Gasteiger partial charge in [0.05, 0.1) is 23.8 Å². The zero-order valence-electron chi connectivity index (χ0n) is 18.8. The van der Waals surface area contributed by atoms with E-state index in [0.29, 0.717) is 12.1 Å². The molecule has 1 atom stereocenters. The summed E-state index contributed by atoms with van der Waals surface area (Å²) in [5.74, 6) is 9.52. The molecule has 1 unspecified atom stereocenters. The minimum Gasteiger partial charge on any atom is -0.383 e. The maximum atomic E-state index is 14.1. The van der Waals surface area contributed by atoms with E-state index in [-0.39, 0.29) is 29.9 Å². The summed E-state index contributed by atoms with van der Waals surface area (Å²) < 4.78 is 41.9. The smallest absolute Gasteiger partial charge is 0.173 e. The van der Waals surface area contributed by atoms with E-state index in [1.165, 1.54) is 6.92 Å². The van der Waals surface area contributed by atoms with Gasteiger partial charge in [-0.2, -0.15) is 10.2 Å². The first-order valence-corrected chi connectivity index (χ1v) is 10.7. The summed E-state index contributed by atoms with van der Waals surface area (Å²) in [6.07, 6.45) is 6.95. The van der Waals surface area contributed by atoms with Gasteiger partial charge in [-0.3, -0.25) is 9.69 Å². The number of amidine groups is 1. The fourth-order valence-electron chi connectivity index (χ4n) is 3.89. The summed E-state index contributed by atoms with van der Waals surface area (Å²) in [4.78, 5) is 6.30. The molecule has 12 heteroatoms. The van der Waals surface area contributed by atoms with E-state index >= 15 is 0 Å². The van der Waals surface area contributed by atoms with Crippen molar-refractivity contribution in [1.29, 1.82) is 0 Å². The summed E-state index contributed by atoms with van der Waals surface area (Å²) in [6.45, 7) is 4.14. The van der Waals surface area contributed by atoms with Crippen LogP contribution >= 0.6 is 0 Å². The van der Waals surface area contributed by atoms with Crippen molar-refractivity contribution in [3.63, 3.8) is 0 Å². The Bertz CT molecular complexity index is 1010. The number of hydrogen-bond donors (Lipinski definition) is 3. The monoisotopic (exact) mass is 465 g/mol. The molecule has 33 heavy (non-hydrogen) atoms. The van der Waals surface area contributed by atoms with Gasteiger partial charge in [-0.05, 0) is 32.8 Å². The summed E-state index contributed by atoms with van der Waals surface area (Å²) in [7, 11) is 0. The lowest BCUT2D eigenvalue weighted by atomic mass is 10.0. The number of nitrogens with two attached hydrogens (primary N) is 3. The van der Waals surface area contributed by atoms with Crippen molar-refractivity contribution in [3.05, 3.63) is 41.9 Å².